The Bertz CT molecular complexity index is 1170. The summed E-state index contributed by atoms with van der Waals surface area (Å²) < 4.78 is 93.4. The Hall–Kier alpha value is -3.90. The second-order valence-corrected chi connectivity index (χ2v) is 6.25. The molecule has 0 fully saturated rings. The summed E-state index contributed by atoms with van der Waals surface area (Å²) in [5.74, 6) is -3.55. The molecule has 13 heteroatoms. The summed E-state index contributed by atoms with van der Waals surface area (Å²) >= 11 is 0. The number of halogens is 7. The number of hydrazine groups is 1. The van der Waals surface area contributed by atoms with Crippen molar-refractivity contribution in [3.63, 3.8) is 0 Å². The van der Waals surface area contributed by atoms with E-state index < -0.39 is 58.1 Å². The van der Waals surface area contributed by atoms with Gasteiger partial charge < -0.3 is 0 Å². The van der Waals surface area contributed by atoms with Crippen LogP contribution in [-0.4, -0.2) is 21.6 Å². The molecule has 6 nitrogen and oxygen atoms in total. The van der Waals surface area contributed by atoms with Gasteiger partial charge in [-0.1, -0.05) is 18.2 Å². The number of benzene rings is 2. The molecule has 32 heavy (non-hydrogen) atoms. The van der Waals surface area contributed by atoms with Crippen LogP contribution in [0.25, 0.3) is 5.69 Å². The molecule has 0 aliphatic carbocycles. The molecule has 0 saturated carbocycles. The number of hydrogen-bond acceptors (Lipinski definition) is 3. The third kappa shape index (κ3) is 4.71. The Morgan fingerprint density at radius 3 is 2.03 bits per heavy atom. The lowest BCUT2D eigenvalue weighted by Gasteiger charge is -2.14. The van der Waals surface area contributed by atoms with Crippen LogP contribution >= 0.6 is 0 Å². The van der Waals surface area contributed by atoms with Crippen LogP contribution in [0.2, 0.25) is 0 Å². The second kappa shape index (κ2) is 8.32. The number of amides is 2. The van der Waals surface area contributed by atoms with Crippen LogP contribution in [0.1, 0.15) is 32.0 Å². The van der Waals surface area contributed by atoms with Crippen LogP contribution in [0.5, 0.6) is 0 Å². The Kier molecular flexibility index (Phi) is 5.92. The monoisotopic (exact) mass is 460 g/mol. The van der Waals surface area contributed by atoms with Gasteiger partial charge in [-0.05, 0) is 30.3 Å². The van der Waals surface area contributed by atoms with Crippen LogP contribution in [-0.2, 0) is 12.4 Å². The topological polar surface area (TPSA) is 76.0 Å². The normalized spacial score (nSPS) is 11.8. The first-order valence-electron chi connectivity index (χ1n) is 8.57. The average molecular weight is 460 g/mol. The Morgan fingerprint density at radius 1 is 0.812 bits per heavy atom. The van der Waals surface area contributed by atoms with Crippen molar-refractivity contribution in [3.05, 3.63) is 82.9 Å². The van der Waals surface area contributed by atoms with Gasteiger partial charge in [0.1, 0.15) is 5.82 Å². The third-order valence-electron chi connectivity index (χ3n) is 4.11. The molecule has 0 radical (unpaired) electrons. The number of carbonyl (C=O) groups excluding carboxylic acids is 2. The maximum atomic E-state index is 13.6. The Balaban J connectivity index is 1.92. The SMILES string of the molecule is O=C(NNC(=O)c1cnn(-c2cccc(C(F)(F)F)c2)c1C(F)(F)F)c1ccccc1F. The van der Waals surface area contributed by atoms with E-state index in [9.17, 15) is 40.3 Å². The van der Waals surface area contributed by atoms with E-state index in [4.69, 9.17) is 0 Å². The first kappa shape index (κ1) is 22.8. The van der Waals surface area contributed by atoms with E-state index in [1.807, 2.05) is 0 Å². The van der Waals surface area contributed by atoms with Crippen molar-refractivity contribution >= 4 is 11.8 Å². The third-order valence-corrected chi connectivity index (χ3v) is 4.11. The average Bonchev–Trinajstić information content (AvgIpc) is 3.17. The van der Waals surface area contributed by atoms with Crippen LogP contribution in [0.4, 0.5) is 30.7 Å². The highest BCUT2D eigenvalue weighted by atomic mass is 19.4. The van der Waals surface area contributed by atoms with Gasteiger partial charge in [0.2, 0.25) is 0 Å². The molecule has 0 aliphatic heterocycles. The lowest BCUT2D eigenvalue weighted by molar-refractivity contribution is -0.143. The molecule has 2 amide bonds. The van der Waals surface area contributed by atoms with E-state index in [-0.39, 0.29) is 4.68 Å². The summed E-state index contributed by atoms with van der Waals surface area (Å²) in [6.07, 6.45) is -9.54. The van der Waals surface area contributed by atoms with Gasteiger partial charge in [-0.2, -0.15) is 31.4 Å². The molecule has 0 spiro atoms. The quantitative estimate of drug-likeness (QED) is 0.456. The second-order valence-electron chi connectivity index (χ2n) is 6.25. The van der Waals surface area contributed by atoms with Gasteiger partial charge >= 0.3 is 12.4 Å². The van der Waals surface area contributed by atoms with Crippen molar-refractivity contribution in [1.82, 2.24) is 20.6 Å². The first-order valence-corrected chi connectivity index (χ1v) is 8.57. The summed E-state index contributed by atoms with van der Waals surface area (Å²) in [5.41, 5.74) is -1.59. The Morgan fingerprint density at radius 2 is 1.44 bits per heavy atom. The van der Waals surface area contributed by atoms with Crippen molar-refractivity contribution in [2.24, 2.45) is 0 Å². The highest BCUT2D eigenvalue weighted by Gasteiger charge is 2.41. The minimum Gasteiger partial charge on any atom is -0.267 e. The summed E-state index contributed by atoms with van der Waals surface area (Å²) in [6.45, 7) is 0. The van der Waals surface area contributed by atoms with Gasteiger partial charge in [0, 0.05) is 0 Å². The molecule has 0 atom stereocenters. The number of carbonyl (C=O) groups is 2. The van der Waals surface area contributed by atoms with Crippen LogP contribution in [0.15, 0.2) is 54.7 Å². The molecule has 2 aromatic carbocycles. The minimum atomic E-state index is -5.20. The van der Waals surface area contributed by atoms with Gasteiger partial charge in [0.15, 0.2) is 5.69 Å². The first-order chi connectivity index (χ1) is 14.9. The number of nitrogens with zero attached hydrogens (tertiary/aromatic N) is 2. The molecular formula is C19H11F7N4O2. The maximum Gasteiger partial charge on any atom is 0.434 e. The predicted molar refractivity (Wildman–Crippen MR) is 94.9 cm³/mol. The largest absolute Gasteiger partial charge is 0.434 e. The van der Waals surface area contributed by atoms with E-state index >= 15 is 0 Å². The summed E-state index contributed by atoms with van der Waals surface area (Å²) in [6, 6.07) is 7.56. The van der Waals surface area contributed by atoms with Crippen LogP contribution in [0, 0.1) is 5.82 Å². The van der Waals surface area contributed by atoms with E-state index in [0.717, 1.165) is 24.3 Å². The molecule has 168 valence electrons. The van der Waals surface area contributed by atoms with E-state index in [2.05, 4.69) is 5.10 Å². The number of rotatable bonds is 3. The van der Waals surface area contributed by atoms with Gasteiger partial charge in [-0.25, -0.2) is 9.07 Å². The molecule has 0 saturated heterocycles. The zero-order valence-electron chi connectivity index (χ0n) is 15.6. The van der Waals surface area contributed by atoms with Gasteiger partial charge in [0.25, 0.3) is 11.8 Å². The summed E-state index contributed by atoms with van der Waals surface area (Å²) in [7, 11) is 0. The molecule has 2 N–H and O–H groups in total. The maximum absolute atomic E-state index is 13.6. The zero-order chi connectivity index (χ0) is 23.7. The number of alkyl halides is 6. The zero-order valence-corrected chi connectivity index (χ0v) is 15.6. The summed E-state index contributed by atoms with van der Waals surface area (Å²) in [4.78, 5) is 24.2. The standard InChI is InChI=1S/C19H11F7N4O2/c20-14-7-2-1-6-12(14)16(31)28-29-17(32)13-9-27-30(15(13)19(24,25)26)11-5-3-4-10(8-11)18(21,22)23/h1-9H,(H,28,31)(H,29,32). The van der Waals surface area contributed by atoms with Crippen molar-refractivity contribution in [1.29, 1.82) is 0 Å². The minimum absolute atomic E-state index is 0.128. The fraction of sp³-hybridized carbons (Fsp3) is 0.105. The molecular weight excluding hydrogens is 449 g/mol. The van der Waals surface area contributed by atoms with E-state index in [1.165, 1.54) is 12.1 Å². The van der Waals surface area contributed by atoms with Gasteiger partial charge in [0.05, 0.1) is 28.6 Å². The van der Waals surface area contributed by atoms with E-state index in [0.29, 0.717) is 18.3 Å². The number of aromatic nitrogens is 2. The van der Waals surface area contributed by atoms with Crippen molar-refractivity contribution in [2.45, 2.75) is 12.4 Å². The van der Waals surface area contributed by atoms with Crippen molar-refractivity contribution in [3.8, 4) is 5.69 Å². The molecule has 0 aliphatic rings. The van der Waals surface area contributed by atoms with Crippen molar-refractivity contribution < 1.29 is 40.3 Å². The molecule has 1 heterocycles. The van der Waals surface area contributed by atoms with Gasteiger partial charge in [-0.3, -0.25) is 20.4 Å². The fourth-order valence-electron chi connectivity index (χ4n) is 2.69. The highest BCUT2D eigenvalue weighted by Crippen LogP contribution is 2.35. The molecule has 3 aromatic rings. The Labute approximate surface area is 174 Å². The highest BCUT2D eigenvalue weighted by molar-refractivity contribution is 5.99. The number of hydrogen-bond donors (Lipinski definition) is 2. The lowest BCUT2D eigenvalue weighted by atomic mass is 10.1. The van der Waals surface area contributed by atoms with E-state index in [1.54, 1.807) is 10.9 Å². The molecule has 0 unspecified atom stereocenters. The van der Waals surface area contributed by atoms with Crippen molar-refractivity contribution in [2.75, 3.05) is 0 Å². The molecule has 1 aromatic heterocycles. The summed E-state index contributed by atoms with van der Waals surface area (Å²) in [5, 5.41) is 3.39. The predicted octanol–water partition coefficient (Wildman–Crippen LogP) is 4.12. The molecule has 3 rings (SSSR count). The smallest absolute Gasteiger partial charge is 0.267 e. The van der Waals surface area contributed by atoms with Gasteiger partial charge in [-0.15, -0.1) is 0 Å². The lowest BCUT2D eigenvalue weighted by Crippen LogP contribution is -2.42. The van der Waals surface area contributed by atoms with Crippen LogP contribution in [0.3, 0.4) is 0 Å². The molecule has 0 bridgehead atoms. The van der Waals surface area contributed by atoms with Crippen LogP contribution < -0.4 is 10.9 Å². The fourth-order valence-corrected chi connectivity index (χ4v) is 2.69. The number of nitrogens with one attached hydrogen (secondary N) is 2.